The van der Waals surface area contributed by atoms with Crippen LogP contribution in [0.4, 0.5) is 0 Å². The summed E-state index contributed by atoms with van der Waals surface area (Å²) in [5.41, 5.74) is 0. The molecule has 2 N–H and O–H groups in total. The monoisotopic (exact) mass is 634 g/mol. The quantitative estimate of drug-likeness (QED) is 0.0406. The molecule has 0 saturated heterocycles. The first-order valence-electron chi connectivity index (χ1n) is 18.4. The minimum absolute atomic E-state index is 0.0459. The summed E-state index contributed by atoms with van der Waals surface area (Å²) < 4.78 is 26.9. The fourth-order valence-corrected chi connectivity index (χ4v) is 5.78. The minimum atomic E-state index is -4.61. The van der Waals surface area contributed by atoms with Gasteiger partial charge in [-0.05, 0) is 12.8 Å². The van der Waals surface area contributed by atoms with E-state index in [-0.39, 0.29) is 19.2 Å². The fraction of sp³-hybridized carbons (Fsp3) is 0.971. The van der Waals surface area contributed by atoms with E-state index >= 15 is 0 Å². The molecule has 43 heavy (non-hydrogen) atoms. The zero-order valence-electron chi connectivity index (χ0n) is 28.4. The van der Waals surface area contributed by atoms with Crippen LogP contribution >= 0.6 is 7.82 Å². The third-order valence-corrected chi connectivity index (χ3v) is 8.68. The van der Waals surface area contributed by atoms with Gasteiger partial charge in [-0.2, -0.15) is 0 Å². The van der Waals surface area contributed by atoms with Gasteiger partial charge in [-0.1, -0.05) is 174 Å². The molecule has 0 aliphatic carbocycles. The van der Waals surface area contributed by atoms with Gasteiger partial charge in [0.25, 0.3) is 0 Å². The van der Waals surface area contributed by atoms with Crippen LogP contribution < -0.4 is 0 Å². The predicted molar refractivity (Wildman–Crippen MR) is 179 cm³/mol. The molecule has 0 rings (SSSR count). The van der Waals surface area contributed by atoms with E-state index < -0.39 is 13.9 Å². The number of hydrogen-bond donors (Lipinski definition) is 2. The zero-order chi connectivity index (χ0) is 31.7. The fourth-order valence-electron chi connectivity index (χ4n) is 5.42. The van der Waals surface area contributed by atoms with Gasteiger partial charge in [0.05, 0.1) is 6.61 Å². The lowest BCUT2D eigenvalue weighted by atomic mass is 10.0. The second kappa shape index (κ2) is 32.9. The van der Waals surface area contributed by atoms with Crippen molar-refractivity contribution in [1.82, 2.24) is 0 Å². The van der Waals surface area contributed by atoms with Gasteiger partial charge in [0.2, 0.25) is 0 Å². The second-order valence-corrected chi connectivity index (χ2v) is 13.8. The molecule has 7 nitrogen and oxygen atoms in total. The third kappa shape index (κ3) is 35.9. The lowest BCUT2D eigenvalue weighted by Crippen LogP contribution is -2.27. The summed E-state index contributed by atoms with van der Waals surface area (Å²) in [5, 5.41) is 0. The molecule has 8 heteroatoms. The summed E-state index contributed by atoms with van der Waals surface area (Å²) in [6, 6.07) is 0. The molecule has 0 bridgehead atoms. The smallest absolute Gasteiger partial charge is 0.463 e. The number of rotatable bonds is 35. The van der Waals surface area contributed by atoms with Crippen molar-refractivity contribution in [2.45, 2.75) is 200 Å². The Morgan fingerprint density at radius 2 is 0.884 bits per heavy atom. The van der Waals surface area contributed by atoms with Gasteiger partial charge < -0.3 is 19.3 Å². The van der Waals surface area contributed by atoms with Crippen LogP contribution in [0.3, 0.4) is 0 Å². The van der Waals surface area contributed by atoms with Gasteiger partial charge in [-0.15, -0.1) is 0 Å². The summed E-state index contributed by atoms with van der Waals surface area (Å²) in [4.78, 5) is 30.3. The van der Waals surface area contributed by atoms with Crippen molar-refractivity contribution < 1.29 is 33.1 Å². The maximum atomic E-state index is 12.2. The van der Waals surface area contributed by atoms with Crippen LogP contribution in [0.2, 0.25) is 0 Å². The number of esters is 1. The molecule has 1 atom stereocenters. The highest BCUT2D eigenvalue weighted by atomic mass is 31.2. The molecule has 0 heterocycles. The molecule has 0 aliphatic rings. The average Bonchev–Trinajstić information content (AvgIpc) is 2.98. The molecule has 0 saturated carbocycles. The van der Waals surface area contributed by atoms with Gasteiger partial charge in [-0.25, -0.2) is 4.57 Å². The number of phosphoric acid groups is 1. The van der Waals surface area contributed by atoms with Gasteiger partial charge in [0, 0.05) is 13.0 Å². The summed E-state index contributed by atoms with van der Waals surface area (Å²) in [6.45, 7) is 4.63. The Hall–Kier alpha value is -0.460. The third-order valence-electron chi connectivity index (χ3n) is 8.19. The number of unbranched alkanes of at least 4 members (excludes halogenated alkanes) is 25. The molecule has 0 unspecified atom stereocenters. The zero-order valence-corrected chi connectivity index (χ0v) is 29.3. The number of phosphoric ester groups is 1. The van der Waals surface area contributed by atoms with Crippen LogP contribution in [0.1, 0.15) is 194 Å². The van der Waals surface area contributed by atoms with E-state index in [4.69, 9.17) is 19.3 Å². The molecular formula is C35H71O7P. The predicted octanol–water partition coefficient (Wildman–Crippen LogP) is 11.0. The molecule has 258 valence electrons. The number of hydrogen-bond acceptors (Lipinski definition) is 5. The van der Waals surface area contributed by atoms with Crippen LogP contribution in [0.15, 0.2) is 0 Å². The normalized spacial score (nSPS) is 12.6. The lowest BCUT2D eigenvalue weighted by Gasteiger charge is -2.18. The van der Waals surface area contributed by atoms with Gasteiger partial charge in [-0.3, -0.25) is 9.32 Å². The van der Waals surface area contributed by atoms with Crippen molar-refractivity contribution in [2.75, 3.05) is 19.8 Å². The molecule has 0 spiro atoms. The van der Waals surface area contributed by atoms with E-state index in [1.165, 1.54) is 141 Å². The van der Waals surface area contributed by atoms with E-state index in [1.807, 2.05) is 0 Å². The molecule has 0 fully saturated rings. The summed E-state index contributed by atoms with van der Waals surface area (Å²) in [7, 11) is -4.61. The van der Waals surface area contributed by atoms with Crippen molar-refractivity contribution in [1.29, 1.82) is 0 Å². The Labute approximate surface area is 266 Å². The highest BCUT2D eigenvalue weighted by molar-refractivity contribution is 7.46. The number of carbonyl (C=O) groups is 1. The molecule has 0 aromatic rings. The average molecular weight is 635 g/mol. The van der Waals surface area contributed by atoms with Crippen LogP contribution in [-0.2, 0) is 23.4 Å². The molecular weight excluding hydrogens is 563 g/mol. The molecule has 0 aromatic carbocycles. The topological polar surface area (TPSA) is 102 Å². The van der Waals surface area contributed by atoms with Crippen LogP contribution in [0.5, 0.6) is 0 Å². The highest BCUT2D eigenvalue weighted by Gasteiger charge is 2.20. The van der Waals surface area contributed by atoms with E-state index in [0.29, 0.717) is 13.0 Å². The first-order chi connectivity index (χ1) is 20.9. The standard InChI is InChI=1S/C35H71O7P/c1-3-5-7-9-11-13-15-16-17-18-19-21-23-25-27-29-31-40-34(33-42-43(37,38)39)32-41-35(36)30-28-26-24-22-20-14-12-10-8-6-4-2/h34H,3-33H2,1-2H3,(H2,37,38,39)/t34-/m1/s1. The van der Waals surface area contributed by atoms with Gasteiger partial charge in [0.1, 0.15) is 12.7 Å². The van der Waals surface area contributed by atoms with Crippen LogP contribution in [-0.4, -0.2) is 41.7 Å². The van der Waals surface area contributed by atoms with E-state index in [9.17, 15) is 9.36 Å². The van der Waals surface area contributed by atoms with E-state index in [1.54, 1.807) is 0 Å². The highest BCUT2D eigenvalue weighted by Crippen LogP contribution is 2.35. The van der Waals surface area contributed by atoms with Crippen LogP contribution in [0, 0.1) is 0 Å². The molecule has 0 aliphatic heterocycles. The minimum Gasteiger partial charge on any atom is -0.463 e. The van der Waals surface area contributed by atoms with Crippen LogP contribution in [0.25, 0.3) is 0 Å². The Morgan fingerprint density at radius 1 is 0.535 bits per heavy atom. The number of ether oxygens (including phenoxy) is 2. The molecule has 0 radical (unpaired) electrons. The second-order valence-electron chi connectivity index (χ2n) is 12.6. The van der Waals surface area contributed by atoms with Crippen molar-refractivity contribution in [3.05, 3.63) is 0 Å². The Bertz CT molecular complexity index is 625. The lowest BCUT2D eigenvalue weighted by molar-refractivity contribution is -0.149. The SMILES string of the molecule is CCCCCCCCCCCCCCCCCCO[C@H](COC(=O)CCCCCCCCCCCCC)COP(=O)(O)O. The number of carbonyl (C=O) groups excluding carboxylic acids is 1. The maximum Gasteiger partial charge on any atom is 0.469 e. The first-order valence-corrected chi connectivity index (χ1v) is 19.9. The Balaban J connectivity index is 3.78. The van der Waals surface area contributed by atoms with E-state index in [2.05, 4.69) is 18.4 Å². The van der Waals surface area contributed by atoms with E-state index in [0.717, 1.165) is 32.1 Å². The van der Waals surface area contributed by atoms with Crippen molar-refractivity contribution >= 4 is 13.8 Å². The Kier molecular flexibility index (Phi) is 32.6. The summed E-state index contributed by atoms with van der Waals surface area (Å²) >= 11 is 0. The first kappa shape index (κ1) is 42.5. The van der Waals surface area contributed by atoms with Crippen molar-refractivity contribution in [3.8, 4) is 0 Å². The van der Waals surface area contributed by atoms with Gasteiger partial charge in [0.15, 0.2) is 0 Å². The molecule has 0 aromatic heterocycles. The Morgan fingerprint density at radius 3 is 1.26 bits per heavy atom. The van der Waals surface area contributed by atoms with Crippen molar-refractivity contribution in [2.24, 2.45) is 0 Å². The summed E-state index contributed by atoms with van der Waals surface area (Å²) in [5.74, 6) is -0.289. The summed E-state index contributed by atoms with van der Waals surface area (Å²) in [6.07, 6.45) is 33.9. The largest absolute Gasteiger partial charge is 0.469 e. The van der Waals surface area contributed by atoms with Gasteiger partial charge >= 0.3 is 13.8 Å². The maximum absolute atomic E-state index is 12.2. The molecule has 0 amide bonds. The van der Waals surface area contributed by atoms with Crippen molar-refractivity contribution in [3.63, 3.8) is 0 Å².